The first-order valence-corrected chi connectivity index (χ1v) is 10.2. The Morgan fingerprint density at radius 1 is 1.18 bits per heavy atom. The number of likely N-dealkylation sites (tertiary alicyclic amines) is 1. The number of aromatic amines is 1. The number of benzene rings is 1. The summed E-state index contributed by atoms with van der Waals surface area (Å²) in [6.07, 6.45) is 6.27. The number of aliphatic hydroxyl groups is 1. The van der Waals surface area contributed by atoms with Gasteiger partial charge in [0.05, 0.1) is 6.10 Å². The van der Waals surface area contributed by atoms with Gasteiger partial charge in [0.25, 0.3) is 11.5 Å². The summed E-state index contributed by atoms with van der Waals surface area (Å²) in [5.74, 6) is 0.988. The molecule has 2 heterocycles. The molecule has 2 N–H and O–H groups in total. The second-order valence-electron chi connectivity index (χ2n) is 8.01. The first kappa shape index (κ1) is 18.9. The monoisotopic (exact) mass is 381 g/mol. The van der Waals surface area contributed by atoms with Crippen LogP contribution in [0.3, 0.4) is 0 Å². The zero-order valence-corrected chi connectivity index (χ0v) is 16.0. The predicted octanol–water partition coefficient (Wildman–Crippen LogP) is 2.49. The minimum Gasteiger partial charge on any atom is -0.393 e. The van der Waals surface area contributed by atoms with Crippen molar-refractivity contribution in [3.63, 3.8) is 0 Å². The first-order chi connectivity index (χ1) is 13.6. The summed E-state index contributed by atoms with van der Waals surface area (Å²) in [4.78, 5) is 33.7. The number of aryl methyl sites for hydroxylation is 1. The molecule has 2 fully saturated rings. The summed E-state index contributed by atoms with van der Waals surface area (Å²) in [5, 5.41) is 10.5. The van der Waals surface area contributed by atoms with Crippen LogP contribution in [0.1, 0.15) is 59.8 Å². The van der Waals surface area contributed by atoms with Crippen molar-refractivity contribution in [1.82, 2.24) is 14.9 Å². The summed E-state index contributed by atoms with van der Waals surface area (Å²) in [7, 11) is 0. The van der Waals surface area contributed by atoms with E-state index in [4.69, 9.17) is 0 Å². The highest BCUT2D eigenvalue weighted by Gasteiger charge is 2.30. The number of rotatable bonds is 6. The molecule has 2 aromatic rings. The Morgan fingerprint density at radius 3 is 2.54 bits per heavy atom. The molecular formula is C22H27N3O3. The van der Waals surface area contributed by atoms with Gasteiger partial charge >= 0.3 is 0 Å². The second kappa shape index (κ2) is 8.27. The van der Waals surface area contributed by atoms with Crippen molar-refractivity contribution in [2.24, 2.45) is 5.92 Å². The molecule has 6 nitrogen and oxygen atoms in total. The number of nitrogens with zero attached hydrogens (tertiary/aromatic N) is 2. The summed E-state index contributed by atoms with van der Waals surface area (Å²) >= 11 is 0. The molecule has 0 radical (unpaired) electrons. The van der Waals surface area contributed by atoms with Crippen molar-refractivity contribution in [3.05, 3.63) is 63.8 Å². The van der Waals surface area contributed by atoms with Gasteiger partial charge in [-0.05, 0) is 50.0 Å². The highest BCUT2D eigenvalue weighted by Crippen LogP contribution is 2.37. The molecule has 148 valence electrons. The van der Waals surface area contributed by atoms with E-state index in [1.807, 2.05) is 18.2 Å². The number of piperidine rings is 1. The molecular weight excluding hydrogens is 354 g/mol. The van der Waals surface area contributed by atoms with Crippen molar-refractivity contribution in [3.8, 4) is 0 Å². The highest BCUT2D eigenvalue weighted by atomic mass is 16.3. The van der Waals surface area contributed by atoms with Crippen LogP contribution in [0.4, 0.5) is 0 Å². The number of hydrogen-bond donors (Lipinski definition) is 2. The first-order valence-electron chi connectivity index (χ1n) is 10.2. The molecule has 1 aromatic carbocycles. The van der Waals surface area contributed by atoms with Gasteiger partial charge in [-0.15, -0.1) is 0 Å². The number of aliphatic hydroxyl groups excluding tert-OH is 1. The zero-order valence-electron chi connectivity index (χ0n) is 16.0. The van der Waals surface area contributed by atoms with E-state index in [0.717, 1.165) is 38.5 Å². The molecule has 0 bridgehead atoms. The quantitative estimate of drug-likeness (QED) is 0.805. The Kier molecular flexibility index (Phi) is 5.57. The molecule has 1 aliphatic carbocycles. The van der Waals surface area contributed by atoms with Crippen molar-refractivity contribution < 1.29 is 9.90 Å². The molecule has 0 spiro atoms. The van der Waals surface area contributed by atoms with Crippen LogP contribution < -0.4 is 5.56 Å². The van der Waals surface area contributed by atoms with Gasteiger partial charge < -0.3 is 15.0 Å². The Hall–Kier alpha value is -2.47. The van der Waals surface area contributed by atoms with Gasteiger partial charge in [-0.1, -0.05) is 30.3 Å². The van der Waals surface area contributed by atoms with E-state index in [1.165, 1.54) is 11.8 Å². The molecule has 28 heavy (non-hydrogen) atoms. The fourth-order valence-corrected chi connectivity index (χ4v) is 3.98. The van der Waals surface area contributed by atoms with Crippen LogP contribution in [0.25, 0.3) is 0 Å². The topological polar surface area (TPSA) is 86.3 Å². The van der Waals surface area contributed by atoms with E-state index in [0.29, 0.717) is 24.8 Å². The average Bonchev–Trinajstić information content (AvgIpc) is 3.58. The number of nitrogens with one attached hydrogen (secondary N) is 1. The number of carbonyl (C=O) groups is 1. The van der Waals surface area contributed by atoms with Gasteiger partial charge in [0, 0.05) is 25.2 Å². The Bertz CT molecular complexity index is 868. The van der Waals surface area contributed by atoms with E-state index in [-0.39, 0.29) is 29.1 Å². The molecule has 1 amide bonds. The number of hydrogen-bond acceptors (Lipinski definition) is 4. The van der Waals surface area contributed by atoms with Crippen molar-refractivity contribution in [1.29, 1.82) is 0 Å². The molecule has 4 rings (SSSR count). The zero-order chi connectivity index (χ0) is 19.5. The number of aromatic nitrogens is 2. The maximum Gasteiger partial charge on any atom is 0.263 e. The van der Waals surface area contributed by atoms with Crippen molar-refractivity contribution in [2.75, 3.05) is 13.1 Å². The lowest BCUT2D eigenvalue weighted by Gasteiger charge is -2.34. The maximum atomic E-state index is 12.7. The molecule has 1 saturated heterocycles. The smallest absolute Gasteiger partial charge is 0.263 e. The Balaban J connectivity index is 1.29. The maximum absolute atomic E-state index is 12.7. The number of amides is 1. The van der Waals surface area contributed by atoms with Crippen LogP contribution in [0.5, 0.6) is 0 Å². The van der Waals surface area contributed by atoms with E-state index >= 15 is 0 Å². The van der Waals surface area contributed by atoms with Crippen LogP contribution >= 0.6 is 0 Å². The van der Waals surface area contributed by atoms with Gasteiger partial charge in [-0.25, -0.2) is 4.98 Å². The molecule has 2 aliphatic rings. The minimum atomic E-state index is -0.361. The number of H-pyrrole nitrogens is 1. The molecule has 6 heteroatoms. The largest absolute Gasteiger partial charge is 0.393 e. The van der Waals surface area contributed by atoms with Crippen LogP contribution in [0.2, 0.25) is 0 Å². The molecule has 1 aliphatic heterocycles. The van der Waals surface area contributed by atoms with Crippen molar-refractivity contribution in [2.45, 2.75) is 50.5 Å². The normalized spacial score (nSPS) is 18.8. The van der Waals surface area contributed by atoms with E-state index < -0.39 is 0 Å². The van der Waals surface area contributed by atoms with Crippen LogP contribution in [-0.2, 0) is 6.42 Å². The predicted molar refractivity (Wildman–Crippen MR) is 106 cm³/mol. The lowest BCUT2D eigenvalue weighted by Crippen LogP contribution is -2.43. The van der Waals surface area contributed by atoms with Crippen LogP contribution in [-0.4, -0.2) is 45.1 Å². The average molecular weight is 381 g/mol. The standard InChI is InChI=1S/C22H27N3O3/c26-19(9-6-15-4-2-1-3-5-15)16-10-12-25(13-11-16)22(28)18-14-23-20(17-7-8-17)24-21(18)27/h1-5,14,16-17,19,26H,6-13H2,(H,23,24,27)/t19-/m0/s1. The Labute approximate surface area is 164 Å². The number of carbonyl (C=O) groups excluding carboxylic acids is 1. The van der Waals surface area contributed by atoms with Crippen LogP contribution in [0, 0.1) is 5.92 Å². The summed E-state index contributed by atoms with van der Waals surface area (Å²) in [6.45, 7) is 1.13. The summed E-state index contributed by atoms with van der Waals surface area (Å²) in [6, 6.07) is 10.2. The molecule has 1 aromatic heterocycles. The Morgan fingerprint density at radius 2 is 1.89 bits per heavy atom. The third-order valence-corrected chi connectivity index (χ3v) is 5.96. The van der Waals surface area contributed by atoms with Crippen molar-refractivity contribution >= 4 is 5.91 Å². The fourth-order valence-electron chi connectivity index (χ4n) is 3.98. The fraction of sp³-hybridized carbons (Fsp3) is 0.500. The third kappa shape index (κ3) is 4.33. The van der Waals surface area contributed by atoms with Gasteiger partial charge in [0.15, 0.2) is 0 Å². The van der Waals surface area contributed by atoms with E-state index in [2.05, 4.69) is 22.1 Å². The lowest BCUT2D eigenvalue weighted by atomic mass is 9.88. The molecule has 1 saturated carbocycles. The highest BCUT2D eigenvalue weighted by molar-refractivity contribution is 5.93. The minimum absolute atomic E-state index is 0.118. The third-order valence-electron chi connectivity index (χ3n) is 5.96. The lowest BCUT2D eigenvalue weighted by molar-refractivity contribution is 0.0435. The SMILES string of the molecule is O=C(c1cnc(C2CC2)[nH]c1=O)N1CCC([C@@H](O)CCc2ccccc2)CC1. The summed E-state index contributed by atoms with van der Waals surface area (Å²) < 4.78 is 0. The van der Waals surface area contributed by atoms with Crippen LogP contribution in [0.15, 0.2) is 41.3 Å². The van der Waals surface area contributed by atoms with E-state index in [9.17, 15) is 14.7 Å². The molecule has 1 atom stereocenters. The van der Waals surface area contributed by atoms with Gasteiger partial charge in [-0.3, -0.25) is 9.59 Å². The second-order valence-corrected chi connectivity index (χ2v) is 8.01. The molecule has 0 unspecified atom stereocenters. The van der Waals surface area contributed by atoms with Gasteiger partial charge in [-0.2, -0.15) is 0 Å². The summed E-state index contributed by atoms with van der Waals surface area (Å²) in [5.41, 5.74) is 1.01. The van der Waals surface area contributed by atoms with Gasteiger partial charge in [0.1, 0.15) is 11.4 Å². The van der Waals surface area contributed by atoms with Gasteiger partial charge in [0.2, 0.25) is 0 Å². The van der Waals surface area contributed by atoms with E-state index in [1.54, 1.807) is 4.90 Å².